The highest BCUT2D eigenvalue weighted by atomic mass is 35.5. The Hall–Kier alpha value is -1.62. The molecule has 158 valence electrons. The van der Waals surface area contributed by atoms with Crippen LogP contribution in [0.1, 0.15) is 16.7 Å². The Bertz CT molecular complexity index is 993. The Kier molecular flexibility index (Phi) is 8.55. The van der Waals surface area contributed by atoms with Gasteiger partial charge in [0, 0.05) is 22.7 Å². The minimum Gasteiger partial charge on any atom is -0.493 e. The molecule has 0 bridgehead atoms. The number of methoxy groups -OCH3 is 1. The second-order valence-corrected chi connectivity index (χ2v) is 8.34. The van der Waals surface area contributed by atoms with Crippen molar-refractivity contribution in [3.8, 4) is 11.5 Å². The molecule has 0 atom stereocenters. The maximum absolute atomic E-state index is 6.47. The van der Waals surface area contributed by atoms with E-state index in [2.05, 4.69) is 5.32 Å². The van der Waals surface area contributed by atoms with E-state index in [1.54, 1.807) is 25.3 Å². The van der Waals surface area contributed by atoms with Crippen LogP contribution in [0.2, 0.25) is 20.1 Å². The smallest absolute Gasteiger partial charge is 0.163 e. The van der Waals surface area contributed by atoms with E-state index < -0.39 is 0 Å². The predicted molar refractivity (Wildman–Crippen MR) is 126 cm³/mol. The summed E-state index contributed by atoms with van der Waals surface area (Å²) in [6.07, 6.45) is 0.900. The van der Waals surface area contributed by atoms with E-state index >= 15 is 0 Å². The van der Waals surface area contributed by atoms with E-state index in [-0.39, 0.29) is 0 Å². The van der Waals surface area contributed by atoms with E-state index in [9.17, 15) is 0 Å². The number of nitrogens with one attached hydrogen (secondary N) is 1. The Labute approximate surface area is 196 Å². The lowest BCUT2D eigenvalue weighted by Crippen LogP contribution is -2.17. The quantitative estimate of drug-likeness (QED) is 0.325. The molecule has 0 aliphatic carbocycles. The third-order valence-electron chi connectivity index (χ3n) is 4.53. The summed E-state index contributed by atoms with van der Waals surface area (Å²) in [6, 6.07) is 16.9. The van der Waals surface area contributed by atoms with Gasteiger partial charge in [-0.1, -0.05) is 64.6 Å². The monoisotopic (exact) mass is 483 g/mol. The van der Waals surface area contributed by atoms with Gasteiger partial charge in [0.2, 0.25) is 0 Å². The molecule has 0 spiro atoms. The summed E-state index contributed by atoms with van der Waals surface area (Å²) >= 11 is 24.4. The maximum atomic E-state index is 6.47. The molecule has 0 aromatic heterocycles. The molecule has 1 N–H and O–H groups in total. The van der Waals surface area contributed by atoms with E-state index in [1.807, 2.05) is 36.4 Å². The summed E-state index contributed by atoms with van der Waals surface area (Å²) in [7, 11) is 1.60. The highest BCUT2D eigenvalue weighted by Crippen LogP contribution is 2.34. The standard InChI is InChI=1S/C23H21Cl4NO2/c1-29-22-11-17(13-28-9-8-15-2-5-18(24)6-3-15)20(26)12-23(22)30-14-16-4-7-19(25)21(27)10-16/h2-7,10-12,28H,8-9,13-14H2,1H3. The lowest BCUT2D eigenvalue weighted by Gasteiger charge is -2.15. The molecule has 0 amide bonds. The van der Waals surface area contributed by atoms with Crippen LogP contribution in [-0.4, -0.2) is 13.7 Å². The third-order valence-corrected chi connectivity index (χ3v) is 5.87. The van der Waals surface area contributed by atoms with Crippen LogP contribution in [0.3, 0.4) is 0 Å². The molecule has 3 rings (SSSR count). The lowest BCUT2D eigenvalue weighted by molar-refractivity contribution is 0.284. The molecular formula is C23H21Cl4NO2. The summed E-state index contributed by atoms with van der Waals surface area (Å²) < 4.78 is 11.4. The van der Waals surface area contributed by atoms with Gasteiger partial charge in [0.25, 0.3) is 0 Å². The van der Waals surface area contributed by atoms with Gasteiger partial charge in [0.05, 0.1) is 17.2 Å². The van der Waals surface area contributed by atoms with Crippen molar-refractivity contribution >= 4 is 46.4 Å². The first-order valence-corrected chi connectivity index (χ1v) is 10.9. The molecule has 30 heavy (non-hydrogen) atoms. The molecule has 0 aliphatic heterocycles. The largest absolute Gasteiger partial charge is 0.493 e. The SMILES string of the molecule is COc1cc(CNCCc2ccc(Cl)cc2)c(Cl)cc1OCc1ccc(Cl)c(Cl)c1. The zero-order valence-electron chi connectivity index (χ0n) is 16.4. The molecule has 0 saturated heterocycles. The first-order chi connectivity index (χ1) is 14.5. The molecule has 0 unspecified atom stereocenters. The summed E-state index contributed by atoms with van der Waals surface area (Å²) in [5.41, 5.74) is 3.06. The van der Waals surface area contributed by atoms with Crippen LogP contribution in [0.5, 0.6) is 11.5 Å². The average Bonchev–Trinajstić information content (AvgIpc) is 2.74. The summed E-state index contributed by atoms with van der Waals surface area (Å²) in [5.74, 6) is 1.19. The van der Waals surface area contributed by atoms with Crippen molar-refractivity contribution in [1.82, 2.24) is 5.32 Å². The Balaban J connectivity index is 1.58. The highest BCUT2D eigenvalue weighted by molar-refractivity contribution is 6.42. The number of benzene rings is 3. The van der Waals surface area contributed by atoms with Crippen LogP contribution in [0.25, 0.3) is 0 Å². The van der Waals surface area contributed by atoms with Gasteiger partial charge in [-0.15, -0.1) is 0 Å². The highest BCUT2D eigenvalue weighted by Gasteiger charge is 2.11. The van der Waals surface area contributed by atoms with E-state index in [0.29, 0.717) is 39.7 Å². The van der Waals surface area contributed by atoms with Gasteiger partial charge in [-0.3, -0.25) is 0 Å². The second-order valence-electron chi connectivity index (χ2n) is 6.68. The number of hydrogen-bond acceptors (Lipinski definition) is 3. The Morgan fingerprint density at radius 2 is 1.50 bits per heavy atom. The molecule has 0 saturated carbocycles. The minimum absolute atomic E-state index is 0.322. The topological polar surface area (TPSA) is 30.5 Å². The first kappa shape index (κ1) is 23.1. The summed E-state index contributed by atoms with van der Waals surface area (Å²) in [4.78, 5) is 0. The first-order valence-electron chi connectivity index (χ1n) is 9.34. The molecule has 3 aromatic rings. The van der Waals surface area contributed by atoms with Crippen molar-refractivity contribution in [1.29, 1.82) is 0 Å². The fraction of sp³-hybridized carbons (Fsp3) is 0.217. The van der Waals surface area contributed by atoms with Gasteiger partial charge in [-0.25, -0.2) is 0 Å². The van der Waals surface area contributed by atoms with Gasteiger partial charge < -0.3 is 14.8 Å². The number of rotatable bonds is 9. The zero-order chi connectivity index (χ0) is 21.5. The van der Waals surface area contributed by atoms with Crippen LogP contribution in [0, 0.1) is 0 Å². The Morgan fingerprint density at radius 3 is 2.20 bits per heavy atom. The molecular weight excluding hydrogens is 464 g/mol. The van der Waals surface area contributed by atoms with Gasteiger partial charge in [-0.2, -0.15) is 0 Å². The molecule has 3 aromatic carbocycles. The Morgan fingerprint density at radius 1 is 0.767 bits per heavy atom. The van der Waals surface area contributed by atoms with Gasteiger partial charge in [0.1, 0.15) is 6.61 Å². The van der Waals surface area contributed by atoms with Gasteiger partial charge in [0.15, 0.2) is 11.5 Å². The van der Waals surface area contributed by atoms with E-state index in [0.717, 1.165) is 29.1 Å². The van der Waals surface area contributed by atoms with Crippen molar-refractivity contribution < 1.29 is 9.47 Å². The molecule has 0 radical (unpaired) electrons. The van der Waals surface area contributed by atoms with Gasteiger partial charge in [-0.05, 0) is 60.0 Å². The predicted octanol–water partition coefficient (Wildman–Crippen LogP) is 7.22. The molecule has 0 heterocycles. The van der Waals surface area contributed by atoms with Crippen molar-refractivity contribution in [2.75, 3.05) is 13.7 Å². The van der Waals surface area contributed by atoms with Crippen molar-refractivity contribution in [3.05, 3.63) is 91.4 Å². The number of ether oxygens (including phenoxy) is 2. The lowest BCUT2D eigenvalue weighted by atomic mass is 10.1. The molecule has 7 heteroatoms. The van der Waals surface area contributed by atoms with Crippen molar-refractivity contribution in [2.45, 2.75) is 19.6 Å². The number of halogens is 4. The van der Waals surface area contributed by atoms with Crippen LogP contribution < -0.4 is 14.8 Å². The van der Waals surface area contributed by atoms with E-state index in [4.69, 9.17) is 55.9 Å². The average molecular weight is 485 g/mol. The third kappa shape index (κ3) is 6.44. The summed E-state index contributed by atoms with van der Waals surface area (Å²) in [5, 5.41) is 5.75. The van der Waals surface area contributed by atoms with E-state index in [1.165, 1.54) is 5.56 Å². The zero-order valence-corrected chi connectivity index (χ0v) is 19.4. The minimum atomic E-state index is 0.322. The van der Waals surface area contributed by atoms with Crippen LogP contribution >= 0.6 is 46.4 Å². The van der Waals surface area contributed by atoms with Crippen molar-refractivity contribution in [3.63, 3.8) is 0 Å². The second kappa shape index (κ2) is 11.1. The molecule has 0 fully saturated rings. The van der Waals surface area contributed by atoms with Crippen LogP contribution in [-0.2, 0) is 19.6 Å². The van der Waals surface area contributed by atoms with Gasteiger partial charge >= 0.3 is 0 Å². The fourth-order valence-corrected chi connectivity index (χ4v) is 3.55. The molecule has 0 aliphatic rings. The molecule has 3 nitrogen and oxygen atoms in total. The van der Waals surface area contributed by atoms with Crippen molar-refractivity contribution in [2.24, 2.45) is 0 Å². The van der Waals surface area contributed by atoms with Crippen LogP contribution in [0.4, 0.5) is 0 Å². The number of hydrogen-bond donors (Lipinski definition) is 1. The normalized spacial score (nSPS) is 10.8. The van der Waals surface area contributed by atoms with Crippen LogP contribution in [0.15, 0.2) is 54.6 Å². The maximum Gasteiger partial charge on any atom is 0.163 e. The summed E-state index contributed by atoms with van der Waals surface area (Å²) in [6.45, 7) is 1.76. The fourth-order valence-electron chi connectivity index (χ4n) is 2.88.